The predicted molar refractivity (Wildman–Crippen MR) is 116 cm³/mol. The van der Waals surface area contributed by atoms with E-state index in [2.05, 4.69) is 22.8 Å². The smallest absolute Gasteiger partial charge is 0.243 e. The molecule has 3 aromatic rings. The van der Waals surface area contributed by atoms with Crippen molar-refractivity contribution in [3.8, 4) is 0 Å². The van der Waals surface area contributed by atoms with Gasteiger partial charge in [-0.1, -0.05) is 54.6 Å². The minimum atomic E-state index is -0.198. The first-order chi connectivity index (χ1) is 13.6. The van der Waals surface area contributed by atoms with Gasteiger partial charge in [-0.2, -0.15) is 0 Å². The third-order valence-electron chi connectivity index (χ3n) is 4.14. The summed E-state index contributed by atoms with van der Waals surface area (Å²) in [4.78, 5) is 25.1. The third-order valence-corrected chi connectivity index (χ3v) is 5.29. The van der Waals surface area contributed by atoms with Crippen molar-refractivity contribution in [2.45, 2.75) is 17.6 Å². The van der Waals surface area contributed by atoms with Crippen molar-refractivity contribution in [1.82, 2.24) is 0 Å². The molecule has 0 spiro atoms. The molecule has 0 bridgehead atoms. The van der Waals surface area contributed by atoms with Crippen LogP contribution in [0.15, 0.2) is 83.8 Å². The van der Waals surface area contributed by atoms with Gasteiger partial charge in [-0.3, -0.25) is 9.59 Å². The summed E-state index contributed by atoms with van der Waals surface area (Å²) in [6.45, 7) is 1.61. The summed E-state index contributed by atoms with van der Waals surface area (Å²) >= 11 is 1.72. The Balaban J connectivity index is 1.60. The molecule has 0 saturated heterocycles. The highest BCUT2D eigenvalue weighted by Gasteiger charge is 2.10. The molecule has 0 saturated carbocycles. The third kappa shape index (κ3) is 5.47. The van der Waals surface area contributed by atoms with Crippen molar-refractivity contribution >= 4 is 34.8 Å². The maximum atomic E-state index is 12.4. The van der Waals surface area contributed by atoms with Crippen molar-refractivity contribution in [2.75, 3.05) is 17.2 Å². The van der Waals surface area contributed by atoms with E-state index in [-0.39, 0.29) is 18.2 Å². The first-order valence-corrected chi connectivity index (χ1v) is 10.0. The van der Waals surface area contributed by atoms with Gasteiger partial charge >= 0.3 is 0 Å². The van der Waals surface area contributed by atoms with Crippen LogP contribution in [0.25, 0.3) is 0 Å². The average molecular weight is 391 g/mol. The lowest BCUT2D eigenvalue weighted by Crippen LogP contribution is -2.23. The van der Waals surface area contributed by atoms with Crippen LogP contribution in [0, 0.1) is 0 Å². The Hall–Kier alpha value is -3.05. The van der Waals surface area contributed by atoms with Crippen molar-refractivity contribution in [1.29, 1.82) is 0 Å². The van der Waals surface area contributed by atoms with Gasteiger partial charge in [-0.25, -0.2) is 0 Å². The van der Waals surface area contributed by atoms with E-state index in [1.165, 1.54) is 12.5 Å². The Morgan fingerprint density at radius 3 is 2.21 bits per heavy atom. The van der Waals surface area contributed by atoms with E-state index in [0.29, 0.717) is 11.3 Å². The second-order valence-corrected chi connectivity index (χ2v) is 7.29. The molecule has 0 unspecified atom stereocenters. The summed E-state index contributed by atoms with van der Waals surface area (Å²) < 4.78 is 0. The van der Waals surface area contributed by atoms with E-state index >= 15 is 0 Å². The first kappa shape index (κ1) is 19.7. The molecule has 28 heavy (non-hydrogen) atoms. The van der Waals surface area contributed by atoms with Gasteiger partial charge in [0.25, 0.3) is 0 Å². The number of anilines is 2. The number of nitrogens with one attached hydrogen (secondary N) is 2. The van der Waals surface area contributed by atoms with Crippen molar-refractivity contribution in [3.63, 3.8) is 0 Å². The van der Waals surface area contributed by atoms with E-state index in [0.717, 1.165) is 16.3 Å². The van der Waals surface area contributed by atoms with E-state index in [1.807, 2.05) is 42.5 Å². The average Bonchev–Trinajstić information content (AvgIpc) is 2.72. The van der Waals surface area contributed by atoms with Gasteiger partial charge in [0.1, 0.15) is 0 Å². The lowest BCUT2D eigenvalue weighted by Gasteiger charge is -2.13. The topological polar surface area (TPSA) is 58.2 Å². The molecule has 5 heteroatoms. The standard InChI is InChI=1S/C23H22N2O2S/c1-17(26)19-11-5-6-12-20(19)25-23(27)15-24-21-13-7-8-14-22(21)28-16-18-9-3-2-4-10-18/h2-14,24H,15-16H2,1H3,(H,25,27). The molecule has 0 radical (unpaired) electrons. The summed E-state index contributed by atoms with van der Waals surface area (Å²) in [5.74, 6) is 0.584. The number of carbonyl (C=O) groups is 2. The highest BCUT2D eigenvalue weighted by Crippen LogP contribution is 2.29. The van der Waals surface area contributed by atoms with Gasteiger partial charge in [-0.05, 0) is 36.8 Å². The van der Waals surface area contributed by atoms with Crippen molar-refractivity contribution < 1.29 is 9.59 Å². The zero-order valence-corrected chi connectivity index (χ0v) is 16.5. The Bertz CT molecular complexity index is 958. The summed E-state index contributed by atoms with van der Waals surface area (Å²) in [6, 6.07) is 25.2. The van der Waals surface area contributed by atoms with Crippen molar-refractivity contribution in [2.24, 2.45) is 0 Å². The molecule has 0 fully saturated rings. The molecular weight excluding hydrogens is 368 g/mol. The van der Waals surface area contributed by atoms with E-state index < -0.39 is 0 Å². The number of para-hydroxylation sites is 2. The molecule has 3 aromatic carbocycles. The van der Waals surface area contributed by atoms with Gasteiger partial charge in [0, 0.05) is 21.9 Å². The molecule has 142 valence electrons. The monoisotopic (exact) mass is 390 g/mol. The summed E-state index contributed by atoms with van der Waals surface area (Å²) in [6.07, 6.45) is 0. The Morgan fingerprint density at radius 1 is 0.821 bits per heavy atom. The van der Waals surface area contributed by atoms with Crippen LogP contribution >= 0.6 is 11.8 Å². The zero-order valence-electron chi connectivity index (χ0n) is 15.6. The van der Waals surface area contributed by atoms with Gasteiger partial charge in [0.15, 0.2) is 5.78 Å². The maximum Gasteiger partial charge on any atom is 0.243 e. The molecule has 3 rings (SSSR count). The van der Waals surface area contributed by atoms with Gasteiger partial charge in [-0.15, -0.1) is 11.8 Å². The fraction of sp³-hybridized carbons (Fsp3) is 0.130. The highest BCUT2D eigenvalue weighted by molar-refractivity contribution is 7.98. The highest BCUT2D eigenvalue weighted by atomic mass is 32.2. The zero-order chi connectivity index (χ0) is 19.8. The lowest BCUT2D eigenvalue weighted by atomic mass is 10.1. The molecule has 0 atom stereocenters. The number of Topliss-reactive ketones (excluding diaryl/α,β-unsaturated/α-hetero) is 1. The molecule has 2 N–H and O–H groups in total. The Kier molecular flexibility index (Phi) is 6.87. The van der Waals surface area contributed by atoms with Gasteiger partial charge in [0.2, 0.25) is 5.91 Å². The maximum absolute atomic E-state index is 12.4. The van der Waals surface area contributed by atoms with Crippen LogP contribution in [0.5, 0.6) is 0 Å². The molecule has 0 aliphatic rings. The number of hydrogen-bond donors (Lipinski definition) is 2. The van der Waals surface area contributed by atoms with Crippen LogP contribution in [0.1, 0.15) is 22.8 Å². The number of benzene rings is 3. The normalized spacial score (nSPS) is 10.3. The molecular formula is C23H22N2O2S. The van der Waals surface area contributed by atoms with Crippen LogP contribution in [-0.4, -0.2) is 18.2 Å². The fourth-order valence-electron chi connectivity index (χ4n) is 2.74. The van der Waals surface area contributed by atoms with Crippen molar-refractivity contribution in [3.05, 3.63) is 90.0 Å². The van der Waals surface area contributed by atoms with Crippen LogP contribution in [0.2, 0.25) is 0 Å². The SMILES string of the molecule is CC(=O)c1ccccc1NC(=O)CNc1ccccc1SCc1ccccc1. The largest absolute Gasteiger partial charge is 0.375 e. The molecule has 0 aliphatic carbocycles. The molecule has 0 aliphatic heterocycles. The minimum absolute atomic E-state index is 0.0773. The summed E-state index contributed by atoms with van der Waals surface area (Å²) in [5, 5.41) is 6.01. The van der Waals surface area contributed by atoms with E-state index in [4.69, 9.17) is 0 Å². The van der Waals surface area contributed by atoms with E-state index in [1.54, 1.807) is 36.0 Å². The second-order valence-electron chi connectivity index (χ2n) is 6.27. The van der Waals surface area contributed by atoms with E-state index in [9.17, 15) is 9.59 Å². The molecule has 0 heterocycles. The minimum Gasteiger partial charge on any atom is -0.375 e. The predicted octanol–water partition coefficient (Wildman–Crippen LogP) is 5.23. The lowest BCUT2D eigenvalue weighted by molar-refractivity contribution is -0.114. The van der Waals surface area contributed by atoms with Crippen LogP contribution in [0.3, 0.4) is 0 Å². The number of thioether (sulfide) groups is 1. The summed E-state index contributed by atoms with van der Waals surface area (Å²) in [7, 11) is 0. The molecule has 4 nitrogen and oxygen atoms in total. The summed E-state index contributed by atoms with van der Waals surface area (Å²) in [5.41, 5.74) is 3.21. The number of carbonyl (C=O) groups excluding carboxylic acids is 2. The number of hydrogen-bond acceptors (Lipinski definition) is 4. The number of ketones is 1. The van der Waals surface area contributed by atoms with Gasteiger partial charge < -0.3 is 10.6 Å². The van der Waals surface area contributed by atoms with Crippen LogP contribution in [-0.2, 0) is 10.5 Å². The molecule has 1 amide bonds. The fourth-order valence-corrected chi connectivity index (χ4v) is 3.73. The van der Waals surface area contributed by atoms with Crippen LogP contribution < -0.4 is 10.6 Å². The Labute approximate surface area is 169 Å². The van der Waals surface area contributed by atoms with Crippen LogP contribution in [0.4, 0.5) is 11.4 Å². The number of rotatable bonds is 8. The second kappa shape index (κ2) is 9.76. The Morgan fingerprint density at radius 2 is 1.46 bits per heavy atom. The first-order valence-electron chi connectivity index (χ1n) is 9.03. The van der Waals surface area contributed by atoms with Gasteiger partial charge in [0.05, 0.1) is 12.2 Å². The number of amides is 1. The molecule has 0 aromatic heterocycles. The quantitative estimate of drug-likeness (QED) is 0.408.